The van der Waals surface area contributed by atoms with Crippen LogP contribution in [0.1, 0.15) is 13.3 Å². The first-order valence-electron chi connectivity index (χ1n) is 6.37. The monoisotopic (exact) mass is 251 g/mol. The van der Waals surface area contributed by atoms with Gasteiger partial charge in [-0.2, -0.15) is 0 Å². The molecule has 2 radical (unpaired) electrons. The Hall–Kier alpha value is -2.10. The van der Waals surface area contributed by atoms with Gasteiger partial charge in [-0.3, -0.25) is 0 Å². The van der Waals surface area contributed by atoms with Gasteiger partial charge in [-0.1, -0.05) is 24.5 Å². The first kappa shape index (κ1) is 12.0. The number of ether oxygens (including phenoxy) is 1. The Morgan fingerprint density at radius 1 is 1.21 bits per heavy atom. The third-order valence-electron chi connectivity index (χ3n) is 3.17. The number of anilines is 2. The smallest absolute Gasteiger partial charge is 0.154 e. The zero-order valence-corrected chi connectivity index (χ0v) is 10.8. The maximum Gasteiger partial charge on any atom is 0.154 e. The predicted molar refractivity (Wildman–Crippen MR) is 77.3 cm³/mol. The van der Waals surface area contributed by atoms with Crippen LogP contribution in [-0.4, -0.2) is 19.5 Å². The van der Waals surface area contributed by atoms with Gasteiger partial charge in [0.15, 0.2) is 11.5 Å². The normalized spacial score (nSPS) is 12.6. The maximum atomic E-state index is 10.2. The molecule has 3 nitrogen and oxygen atoms in total. The van der Waals surface area contributed by atoms with Crippen molar-refractivity contribution in [1.29, 1.82) is 0 Å². The van der Waals surface area contributed by atoms with Crippen molar-refractivity contribution < 1.29 is 9.84 Å². The van der Waals surface area contributed by atoms with Crippen LogP contribution in [0, 0.1) is 0 Å². The van der Waals surface area contributed by atoms with Crippen molar-refractivity contribution in [2.45, 2.75) is 13.3 Å². The highest BCUT2D eigenvalue weighted by Crippen LogP contribution is 2.49. The van der Waals surface area contributed by atoms with Gasteiger partial charge in [-0.05, 0) is 30.7 Å². The number of aromatic hydroxyl groups is 1. The molecule has 2 aromatic carbocycles. The van der Waals surface area contributed by atoms with E-state index in [1.54, 1.807) is 12.1 Å². The molecule has 2 aromatic rings. The van der Waals surface area contributed by atoms with E-state index in [4.69, 9.17) is 12.6 Å². The minimum Gasteiger partial charge on any atom is -0.506 e. The Labute approximate surface area is 113 Å². The molecule has 0 saturated heterocycles. The van der Waals surface area contributed by atoms with Gasteiger partial charge in [0.2, 0.25) is 0 Å². The van der Waals surface area contributed by atoms with Gasteiger partial charge in [-0.25, -0.2) is 0 Å². The lowest BCUT2D eigenvalue weighted by Crippen LogP contribution is -2.23. The van der Waals surface area contributed by atoms with Crippen LogP contribution in [0.15, 0.2) is 36.4 Å². The Bertz CT molecular complexity index is 628. The number of phenolic OH excluding ortho intramolecular Hbond substituents is 1. The predicted octanol–water partition coefficient (Wildman–Crippen LogP) is 2.84. The quantitative estimate of drug-likeness (QED) is 0.833. The molecule has 0 bridgehead atoms. The Morgan fingerprint density at radius 3 is 2.79 bits per heavy atom. The number of phenols is 1. The fourth-order valence-corrected chi connectivity index (χ4v) is 2.42. The SMILES string of the molecule is [B]c1cc(O)c2c(c1)Oc1ccccc1N2CCC. The van der Waals surface area contributed by atoms with E-state index >= 15 is 0 Å². The molecular formula is C15H14BNO2. The molecule has 0 aromatic heterocycles. The summed E-state index contributed by atoms with van der Waals surface area (Å²) in [5.74, 6) is 1.54. The standard InChI is InChI=1S/C15H14BNO2/c1-2-7-17-11-5-3-4-6-13(11)19-14-9-10(16)8-12(18)15(14)17/h3-6,8-9,18H,2,7H2,1H3. The first-order valence-corrected chi connectivity index (χ1v) is 6.37. The van der Waals surface area contributed by atoms with Gasteiger partial charge >= 0.3 is 0 Å². The number of hydrogen-bond acceptors (Lipinski definition) is 3. The number of nitrogens with zero attached hydrogens (tertiary/aromatic N) is 1. The second-order valence-electron chi connectivity index (χ2n) is 4.61. The fourth-order valence-electron chi connectivity index (χ4n) is 2.42. The average Bonchev–Trinajstić information content (AvgIpc) is 2.38. The van der Waals surface area contributed by atoms with Crippen LogP contribution in [0.4, 0.5) is 11.4 Å². The zero-order chi connectivity index (χ0) is 13.4. The topological polar surface area (TPSA) is 32.7 Å². The van der Waals surface area contributed by atoms with Crippen molar-refractivity contribution in [3.05, 3.63) is 36.4 Å². The van der Waals surface area contributed by atoms with Crippen molar-refractivity contribution in [1.82, 2.24) is 0 Å². The van der Waals surface area contributed by atoms with E-state index in [0.29, 0.717) is 16.9 Å². The Morgan fingerprint density at radius 2 is 2.00 bits per heavy atom. The first-order chi connectivity index (χ1) is 9.20. The van der Waals surface area contributed by atoms with E-state index in [2.05, 4.69) is 11.8 Å². The summed E-state index contributed by atoms with van der Waals surface area (Å²) in [6.07, 6.45) is 0.970. The molecule has 1 heterocycles. The molecule has 94 valence electrons. The summed E-state index contributed by atoms with van der Waals surface area (Å²) >= 11 is 0. The summed E-state index contributed by atoms with van der Waals surface area (Å²) in [5.41, 5.74) is 2.15. The Balaban J connectivity index is 2.20. The van der Waals surface area contributed by atoms with Gasteiger partial charge in [0.1, 0.15) is 19.3 Å². The van der Waals surface area contributed by atoms with Gasteiger partial charge < -0.3 is 14.7 Å². The summed E-state index contributed by atoms with van der Waals surface area (Å²) in [6.45, 7) is 2.91. The highest BCUT2D eigenvalue weighted by Gasteiger charge is 2.26. The molecule has 3 rings (SSSR count). The van der Waals surface area contributed by atoms with Crippen LogP contribution in [-0.2, 0) is 0 Å². The van der Waals surface area contributed by atoms with Gasteiger partial charge in [0, 0.05) is 6.54 Å². The van der Waals surface area contributed by atoms with E-state index in [-0.39, 0.29) is 5.75 Å². The second kappa shape index (κ2) is 4.54. The summed E-state index contributed by atoms with van der Waals surface area (Å²) in [4.78, 5) is 2.07. The van der Waals surface area contributed by atoms with Crippen LogP contribution < -0.4 is 15.1 Å². The van der Waals surface area contributed by atoms with E-state index in [1.165, 1.54) is 0 Å². The number of fused-ring (bicyclic) bond motifs is 2. The van der Waals surface area contributed by atoms with Crippen molar-refractivity contribution in [2.24, 2.45) is 0 Å². The van der Waals surface area contributed by atoms with E-state index in [1.807, 2.05) is 24.3 Å². The number of benzene rings is 2. The molecule has 1 N–H and O–H groups in total. The molecule has 4 heteroatoms. The molecular weight excluding hydrogens is 237 g/mol. The largest absolute Gasteiger partial charge is 0.506 e. The number of para-hydroxylation sites is 2. The molecule has 19 heavy (non-hydrogen) atoms. The average molecular weight is 251 g/mol. The highest BCUT2D eigenvalue weighted by atomic mass is 16.5. The van der Waals surface area contributed by atoms with Crippen LogP contribution in [0.25, 0.3) is 0 Å². The molecule has 0 unspecified atom stereocenters. The molecule has 0 spiro atoms. The third kappa shape index (κ3) is 1.93. The summed E-state index contributed by atoms with van der Waals surface area (Å²) in [5, 5.41) is 10.2. The van der Waals surface area contributed by atoms with Crippen LogP contribution in [0.5, 0.6) is 17.2 Å². The summed E-state index contributed by atoms with van der Waals surface area (Å²) < 4.78 is 5.83. The van der Waals surface area contributed by atoms with Crippen molar-refractivity contribution in [3.8, 4) is 17.2 Å². The summed E-state index contributed by atoms with van der Waals surface area (Å²) in [7, 11) is 5.76. The van der Waals surface area contributed by atoms with Gasteiger partial charge in [0.05, 0.1) is 5.69 Å². The van der Waals surface area contributed by atoms with Crippen molar-refractivity contribution in [2.75, 3.05) is 11.4 Å². The van der Waals surface area contributed by atoms with Gasteiger partial charge in [0.25, 0.3) is 0 Å². The van der Waals surface area contributed by atoms with E-state index in [0.717, 1.165) is 24.4 Å². The van der Waals surface area contributed by atoms with Crippen LogP contribution >= 0.6 is 0 Å². The number of rotatable bonds is 2. The Kier molecular flexibility index (Phi) is 2.86. The van der Waals surface area contributed by atoms with Crippen molar-refractivity contribution in [3.63, 3.8) is 0 Å². The zero-order valence-electron chi connectivity index (χ0n) is 10.8. The van der Waals surface area contributed by atoms with Crippen LogP contribution in [0.3, 0.4) is 0 Å². The lowest BCUT2D eigenvalue weighted by atomic mass is 9.94. The molecule has 0 saturated carbocycles. The molecule has 0 atom stereocenters. The minimum absolute atomic E-state index is 0.151. The second-order valence-corrected chi connectivity index (χ2v) is 4.61. The molecule has 1 aliphatic heterocycles. The maximum absolute atomic E-state index is 10.2. The minimum atomic E-state index is 0.151. The summed E-state index contributed by atoms with van der Waals surface area (Å²) in [6, 6.07) is 11.1. The lowest BCUT2D eigenvalue weighted by molar-refractivity contribution is 0.448. The van der Waals surface area contributed by atoms with E-state index in [9.17, 15) is 5.11 Å². The molecule has 0 aliphatic carbocycles. The van der Waals surface area contributed by atoms with Gasteiger partial charge in [-0.15, -0.1) is 0 Å². The third-order valence-corrected chi connectivity index (χ3v) is 3.17. The fraction of sp³-hybridized carbons (Fsp3) is 0.200. The number of hydrogen-bond donors (Lipinski definition) is 1. The van der Waals surface area contributed by atoms with E-state index < -0.39 is 0 Å². The molecule has 1 aliphatic rings. The molecule has 0 amide bonds. The van der Waals surface area contributed by atoms with Crippen molar-refractivity contribution >= 4 is 24.7 Å². The highest BCUT2D eigenvalue weighted by molar-refractivity contribution is 6.32. The lowest BCUT2D eigenvalue weighted by Gasteiger charge is -2.33. The molecule has 0 fully saturated rings. The van der Waals surface area contributed by atoms with Crippen LogP contribution in [0.2, 0.25) is 0 Å².